The molecule has 2 fully saturated rings. The molecule has 4 heterocycles. The van der Waals surface area contributed by atoms with Gasteiger partial charge in [-0.3, -0.25) is 14.4 Å². The van der Waals surface area contributed by atoms with Crippen molar-refractivity contribution in [3.63, 3.8) is 0 Å². The Morgan fingerprint density at radius 1 is 1.12 bits per heavy atom. The molecule has 204 valence electrons. The van der Waals surface area contributed by atoms with Gasteiger partial charge in [0, 0.05) is 47.7 Å². The van der Waals surface area contributed by atoms with Crippen LogP contribution in [-0.2, 0) is 11.8 Å². The number of carbonyl (C=O) groups excluding carboxylic acids is 1. The Labute approximate surface area is 232 Å². The Morgan fingerprint density at radius 2 is 1.95 bits per heavy atom. The fraction of sp³-hybridized carbons (Fsp3) is 0.333. The first kappa shape index (κ1) is 25.6. The largest absolute Gasteiger partial charge is 0.494 e. The van der Waals surface area contributed by atoms with E-state index in [9.17, 15) is 4.79 Å². The zero-order valence-electron chi connectivity index (χ0n) is 22.6. The minimum absolute atomic E-state index is 0.0638. The number of terminal acetylenes is 1. The van der Waals surface area contributed by atoms with Crippen molar-refractivity contribution in [3.8, 4) is 35.0 Å². The topological polar surface area (TPSA) is 97.6 Å². The van der Waals surface area contributed by atoms with Gasteiger partial charge in [0.05, 0.1) is 32.9 Å². The van der Waals surface area contributed by atoms with Crippen LogP contribution in [0.2, 0.25) is 0 Å². The van der Waals surface area contributed by atoms with E-state index in [4.69, 9.17) is 20.9 Å². The number of benzene rings is 2. The standard InChI is InChI=1S/C30H31N7O3/c1-4-20-9-22-14-31-30(34-29(22)27(10-20)39-3)33-24-11-21(23-15-32-35(2)16-23)12-25(13-24)40-26-17-37(18-26)28(38)19-36-7-5-6-8-36/h1,9-16,26H,5-8,17-19H2,2-3H3,(H,31,33,34). The minimum atomic E-state index is -0.0638. The van der Waals surface area contributed by atoms with Crippen LogP contribution in [0.5, 0.6) is 11.5 Å². The van der Waals surface area contributed by atoms with E-state index in [2.05, 4.69) is 26.2 Å². The number of nitrogens with one attached hydrogen (secondary N) is 1. The first-order chi connectivity index (χ1) is 19.5. The molecule has 0 saturated carbocycles. The van der Waals surface area contributed by atoms with Crippen molar-refractivity contribution < 1.29 is 14.3 Å². The molecule has 40 heavy (non-hydrogen) atoms. The highest BCUT2D eigenvalue weighted by molar-refractivity contribution is 5.87. The fourth-order valence-electron chi connectivity index (χ4n) is 5.16. The van der Waals surface area contributed by atoms with Crippen molar-refractivity contribution in [2.45, 2.75) is 18.9 Å². The van der Waals surface area contributed by atoms with Crippen molar-refractivity contribution >= 4 is 28.4 Å². The molecule has 2 aromatic heterocycles. The Balaban J connectivity index is 1.22. The van der Waals surface area contributed by atoms with E-state index in [-0.39, 0.29) is 12.0 Å². The predicted molar refractivity (Wildman–Crippen MR) is 153 cm³/mol. The highest BCUT2D eigenvalue weighted by atomic mass is 16.5. The Morgan fingerprint density at radius 3 is 2.67 bits per heavy atom. The molecule has 10 heteroatoms. The van der Waals surface area contributed by atoms with Gasteiger partial charge in [0.15, 0.2) is 0 Å². The van der Waals surface area contributed by atoms with Crippen molar-refractivity contribution in [3.05, 3.63) is 54.5 Å². The average molecular weight is 538 g/mol. The summed E-state index contributed by atoms with van der Waals surface area (Å²) in [6.07, 6.45) is 13.3. The molecule has 2 saturated heterocycles. The quantitative estimate of drug-likeness (QED) is 0.342. The molecule has 0 aliphatic carbocycles. The number of nitrogens with zero attached hydrogens (tertiary/aromatic N) is 6. The Hall–Kier alpha value is -4.62. The molecule has 0 unspecified atom stereocenters. The monoisotopic (exact) mass is 537 g/mol. The summed E-state index contributed by atoms with van der Waals surface area (Å²) in [5.74, 6) is 4.49. The number of rotatable bonds is 8. The minimum Gasteiger partial charge on any atom is -0.494 e. The molecule has 2 aliphatic rings. The second kappa shape index (κ2) is 10.9. The van der Waals surface area contributed by atoms with Crippen LogP contribution < -0.4 is 14.8 Å². The van der Waals surface area contributed by atoms with Crippen molar-refractivity contribution in [2.75, 3.05) is 45.2 Å². The molecular weight excluding hydrogens is 506 g/mol. The molecule has 1 amide bonds. The number of hydrogen-bond donors (Lipinski definition) is 1. The third-order valence-electron chi connectivity index (χ3n) is 7.30. The van der Waals surface area contributed by atoms with Crippen LogP contribution in [0.1, 0.15) is 18.4 Å². The van der Waals surface area contributed by atoms with Gasteiger partial charge in [-0.2, -0.15) is 5.10 Å². The predicted octanol–water partition coefficient (Wildman–Crippen LogP) is 3.45. The Kier molecular flexibility index (Phi) is 6.97. The number of anilines is 2. The van der Waals surface area contributed by atoms with E-state index in [1.807, 2.05) is 48.6 Å². The number of fused-ring (bicyclic) bond motifs is 1. The summed E-state index contributed by atoms with van der Waals surface area (Å²) in [4.78, 5) is 25.9. The van der Waals surface area contributed by atoms with Crippen molar-refractivity contribution in [1.82, 2.24) is 29.5 Å². The SMILES string of the molecule is C#Cc1cc(OC)c2nc(Nc3cc(OC4CN(C(=O)CN5CCCC5)C4)cc(-c4cnn(C)c4)c3)ncc2c1. The molecule has 6 rings (SSSR count). The van der Waals surface area contributed by atoms with Gasteiger partial charge in [0.25, 0.3) is 0 Å². The third-order valence-corrected chi connectivity index (χ3v) is 7.30. The van der Waals surface area contributed by atoms with E-state index >= 15 is 0 Å². The van der Waals surface area contributed by atoms with Crippen LogP contribution >= 0.6 is 0 Å². The first-order valence-corrected chi connectivity index (χ1v) is 13.4. The fourth-order valence-corrected chi connectivity index (χ4v) is 5.16. The zero-order valence-corrected chi connectivity index (χ0v) is 22.6. The summed E-state index contributed by atoms with van der Waals surface area (Å²) in [5.41, 5.74) is 4.01. The summed E-state index contributed by atoms with van der Waals surface area (Å²) in [5, 5.41) is 8.42. The number of likely N-dealkylation sites (tertiary alicyclic amines) is 2. The smallest absolute Gasteiger partial charge is 0.237 e. The maximum Gasteiger partial charge on any atom is 0.237 e. The Bertz CT molecular complexity index is 1600. The summed E-state index contributed by atoms with van der Waals surface area (Å²) >= 11 is 0. The molecule has 0 bridgehead atoms. The van der Waals surface area contributed by atoms with Crippen LogP contribution in [0, 0.1) is 12.3 Å². The van der Waals surface area contributed by atoms with Gasteiger partial charge in [0.1, 0.15) is 23.1 Å². The lowest BCUT2D eigenvalue weighted by molar-refractivity contribution is -0.140. The molecule has 1 N–H and O–H groups in total. The zero-order chi connectivity index (χ0) is 27.6. The summed E-state index contributed by atoms with van der Waals surface area (Å²) in [6.45, 7) is 3.68. The van der Waals surface area contributed by atoms with Crippen molar-refractivity contribution in [2.24, 2.45) is 7.05 Å². The van der Waals surface area contributed by atoms with Crippen LogP contribution in [0.4, 0.5) is 11.6 Å². The normalized spacial score (nSPS) is 15.6. The third kappa shape index (κ3) is 5.42. The van der Waals surface area contributed by atoms with E-state index in [1.54, 1.807) is 24.1 Å². The number of amides is 1. The summed E-state index contributed by atoms with van der Waals surface area (Å²) in [6, 6.07) is 9.55. The molecular formula is C30H31N7O3. The number of carbonyl (C=O) groups is 1. The lowest BCUT2D eigenvalue weighted by Crippen LogP contribution is -2.58. The van der Waals surface area contributed by atoms with Gasteiger partial charge in [-0.25, -0.2) is 9.97 Å². The molecule has 2 aromatic carbocycles. The first-order valence-electron chi connectivity index (χ1n) is 13.4. The van der Waals surface area contributed by atoms with E-state index in [1.165, 1.54) is 12.8 Å². The molecule has 0 atom stereocenters. The molecule has 10 nitrogen and oxygen atoms in total. The number of hydrogen-bond acceptors (Lipinski definition) is 8. The van der Waals surface area contributed by atoms with Gasteiger partial charge in [-0.05, 0) is 55.8 Å². The average Bonchev–Trinajstić information content (AvgIpc) is 3.61. The number of methoxy groups -OCH3 is 1. The van der Waals surface area contributed by atoms with Gasteiger partial charge < -0.3 is 19.7 Å². The second-order valence-corrected chi connectivity index (χ2v) is 10.2. The maximum absolute atomic E-state index is 12.6. The van der Waals surface area contributed by atoms with Crippen molar-refractivity contribution in [1.29, 1.82) is 0 Å². The van der Waals surface area contributed by atoms with Crippen LogP contribution in [0.3, 0.4) is 0 Å². The molecule has 0 radical (unpaired) electrons. The maximum atomic E-state index is 12.6. The highest BCUT2D eigenvalue weighted by Gasteiger charge is 2.33. The van der Waals surface area contributed by atoms with Crippen LogP contribution in [0.25, 0.3) is 22.0 Å². The number of aromatic nitrogens is 4. The molecule has 0 spiro atoms. The molecule has 2 aliphatic heterocycles. The van der Waals surface area contributed by atoms with E-state index < -0.39 is 0 Å². The number of ether oxygens (including phenoxy) is 2. The molecule has 4 aromatic rings. The van der Waals surface area contributed by atoms with Gasteiger partial charge >= 0.3 is 0 Å². The number of aryl methyl sites for hydroxylation is 1. The lowest BCUT2D eigenvalue weighted by atomic mass is 10.1. The second-order valence-electron chi connectivity index (χ2n) is 10.2. The lowest BCUT2D eigenvalue weighted by Gasteiger charge is -2.39. The van der Waals surface area contributed by atoms with Crippen LogP contribution in [0.15, 0.2) is 48.9 Å². The summed E-state index contributed by atoms with van der Waals surface area (Å²) in [7, 11) is 3.47. The highest BCUT2D eigenvalue weighted by Crippen LogP contribution is 2.32. The summed E-state index contributed by atoms with van der Waals surface area (Å²) < 4.78 is 13.6. The van der Waals surface area contributed by atoms with Gasteiger partial charge in [-0.1, -0.05) is 5.92 Å². The van der Waals surface area contributed by atoms with Crippen LogP contribution in [-0.4, -0.2) is 81.4 Å². The van der Waals surface area contributed by atoms with E-state index in [0.717, 1.165) is 35.3 Å². The van der Waals surface area contributed by atoms with E-state index in [0.29, 0.717) is 48.2 Å². The van der Waals surface area contributed by atoms with Gasteiger partial charge in [0.2, 0.25) is 11.9 Å². The van der Waals surface area contributed by atoms with Gasteiger partial charge in [-0.15, -0.1) is 6.42 Å².